The molecule has 0 aliphatic carbocycles. The Balaban J connectivity index is 0.000000794. The first-order valence-corrected chi connectivity index (χ1v) is 25.6. The van der Waals surface area contributed by atoms with Gasteiger partial charge in [-0.05, 0) is 58.8 Å². The molecule has 13 heteroatoms. The van der Waals surface area contributed by atoms with Crippen LogP contribution in [-0.4, -0.2) is 73.3 Å². The third-order valence-corrected chi connectivity index (χ3v) is 10.7. The second kappa shape index (κ2) is 24.7. The Kier molecular flexibility index (Phi) is 24.5. The lowest BCUT2D eigenvalue weighted by molar-refractivity contribution is -0.0576. The number of alkyl halides is 1. The number of ether oxygens (including phenoxy) is 7. The number of hydrogen-bond donors (Lipinski definition) is 1. The van der Waals surface area contributed by atoms with Gasteiger partial charge in [0, 0.05) is 38.3 Å². The molecule has 8 nitrogen and oxygen atoms in total. The van der Waals surface area contributed by atoms with Crippen LogP contribution in [0, 0.1) is 0 Å². The van der Waals surface area contributed by atoms with Gasteiger partial charge in [-0.3, -0.25) is 0 Å². The van der Waals surface area contributed by atoms with Crippen molar-refractivity contribution in [3.05, 3.63) is 44.3 Å². The lowest BCUT2D eigenvalue weighted by Gasteiger charge is -2.16. The van der Waals surface area contributed by atoms with Crippen molar-refractivity contribution in [3.8, 4) is 23.0 Å². The maximum Gasteiger partial charge on any atom is 0.161 e. The third kappa shape index (κ3) is 22.0. The van der Waals surface area contributed by atoms with Crippen molar-refractivity contribution in [1.82, 2.24) is 0 Å². The summed E-state index contributed by atoms with van der Waals surface area (Å²) in [5.41, 5.74) is 1.87. The van der Waals surface area contributed by atoms with E-state index in [2.05, 4.69) is 101 Å². The fourth-order valence-corrected chi connectivity index (χ4v) is 5.66. The summed E-state index contributed by atoms with van der Waals surface area (Å²) in [6.07, 6.45) is 0. The minimum atomic E-state index is -1.04. The van der Waals surface area contributed by atoms with E-state index in [1.54, 1.807) is 19.2 Å². The van der Waals surface area contributed by atoms with Gasteiger partial charge >= 0.3 is 0 Å². The molecule has 0 saturated heterocycles. The highest BCUT2D eigenvalue weighted by Crippen LogP contribution is 2.34. The predicted molar refractivity (Wildman–Crippen MR) is 206 cm³/mol. The molecule has 0 bridgehead atoms. The number of aromatic hydroxyl groups is 1. The SMILES string of the molecule is CCI.CCOc1cc(COCOCC[Si](C)(C)C)c(Br)cc1OC.COc1cc(Br)c(COCOCC[Si](C)(C)C)cc1O. The van der Waals surface area contributed by atoms with Crippen molar-refractivity contribution in [3.63, 3.8) is 0 Å². The maximum absolute atomic E-state index is 9.72. The zero-order valence-electron chi connectivity index (χ0n) is 28.8. The van der Waals surface area contributed by atoms with Crippen molar-refractivity contribution in [1.29, 1.82) is 0 Å². The summed E-state index contributed by atoms with van der Waals surface area (Å²) in [5.74, 6) is 1.98. The van der Waals surface area contributed by atoms with E-state index < -0.39 is 16.1 Å². The van der Waals surface area contributed by atoms with Gasteiger partial charge in [0.2, 0.25) is 0 Å². The fraction of sp³-hybridized carbons (Fsp3) is 0.625. The number of benzene rings is 2. The molecular formula is C32H55Br2IO8Si2. The number of rotatable bonds is 18. The lowest BCUT2D eigenvalue weighted by atomic mass is 10.2. The Labute approximate surface area is 304 Å². The van der Waals surface area contributed by atoms with Crippen molar-refractivity contribution >= 4 is 70.6 Å². The van der Waals surface area contributed by atoms with Gasteiger partial charge in [-0.15, -0.1) is 0 Å². The highest BCUT2D eigenvalue weighted by Gasteiger charge is 2.14. The van der Waals surface area contributed by atoms with Crippen LogP contribution in [0.3, 0.4) is 0 Å². The molecular weight excluding hydrogens is 855 g/mol. The first kappa shape index (κ1) is 44.6. The van der Waals surface area contributed by atoms with Crippen molar-refractivity contribution < 1.29 is 38.3 Å². The van der Waals surface area contributed by atoms with Gasteiger partial charge in [0.05, 0.1) is 34.0 Å². The third-order valence-electron chi connectivity index (χ3n) is 5.82. The summed E-state index contributed by atoms with van der Waals surface area (Å²) in [6.45, 7) is 21.5. The minimum Gasteiger partial charge on any atom is -0.504 e. The number of methoxy groups -OCH3 is 2. The van der Waals surface area contributed by atoms with E-state index in [0.29, 0.717) is 38.1 Å². The van der Waals surface area contributed by atoms with E-state index in [1.165, 1.54) is 11.5 Å². The van der Waals surface area contributed by atoms with Crippen molar-refractivity contribution in [2.24, 2.45) is 0 Å². The second-order valence-corrected chi connectivity index (χ2v) is 26.8. The van der Waals surface area contributed by atoms with Crippen LogP contribution in [0.2, 0.25) is 51.4 Å². The van der Waals surface area contributed by atoms with Gasteiger partial charge < -0.3 is 38.3 Å². The van der Waals surface area contributed by atoms with Crippen LogP contribution < -0.4 is 14.2 Å². The van der Waals surface area contributed by atoms with Crippen LogP contribution in [0.4, 0.5) is 0 Å². The van der Waals surface area contributed by atoms with Crippen molar-refractivity contribution in [2.45, 2.75) is 78.4 Å². The van der Waals surface area contributed by atoms with E-state index in [0.717, 1.165) is 51.1 Å². The first-order valence-electron chi connectivity index (χ1n) is 15.0. The molecule has 0 saturated carbocycles. The molecule has 1 N–H and O–H groups in total. The molecule has 0 aliphatic heterocycles. The first-order chi connectivity index (χ1) is 21.1. The molecule has 0 fully saturated rings. The van der Waals surface area contributed by atoms with Crippen LogP contribution in [-0.2, 0) is 32.2 Å². The molecule has 0 aliphatic rings. The monoisotopic (exact) mass is 908 g/mol. The Morgan fingerprint density at radius 3 is 1.49 bits per heavy atom. The standard InChI is InChI=1S/C16H27BrO4Si.C14H23BrO4Si.C2H5I/c1-6-21-16-9-13(14(17)10-15(16)18-2)11-20-12-19-7-8-22(3,4)5;1-17-14-8-12(15)11(7-13(14)16)9-19-10-18-5-6-20(2,3)4;1-2-3/h9-10H,6-8,11-12H2,1-5H3;7-8,16H,5-6,9-10H2,1-4H3;2H2,1H3. The summed E-state index contributed by atoms with van der Waals surface area (Å²) in [6, 6.07) is 9.47. The number of halogens is 3. The molecule has 0 atom stereocenters. The molecule has 0 spiro atoms. The zero-order chi connectivity index (χ0) is 34.5. The quantitative estimate of drug-likeness (QED) is 0.0521. The number of hydrogen-bond acceptors (Lipinski definition) is 8. The summed E-state index contributed by atoms with van der Waals surface area (Å²) in [5, 5.41) is 9.72. The second-order valence-electron chi connectivity index (χ2n) is 12.3. The summed E-state index contributed by atoms with van der Waals surface area (Å²) in [4.78, 5) is 0. The molecule has 0 heterocycles. The highest BCUT2D eigenvalue weighted by molar-refractivity contribution is 14.1. The smallest absolute Gasteiger partial charge is 0.161 e. The molecule has 0 radical (unpaired) electrons. The van der Waals surface area contributed by atoms with Gasteiger partial charge in [0.15, 0.2) is 23.0 Å². The Morgan fingerprint density at radius 2 is 1.09 bits per heavy atom. The molecule has 45 heavy (non-hydrogen) atoms. The molecule has 0 unspecified atom stereocenters. The molecule has 260 valence electrons. The predicted octanol–water partition coefficient (Wildman–Crippen LogP) is 10.1. The van der Waals surface area contributed by atoms with Crippen LogP contribution in [0.5, 0.6) is 23.0 Å². The average molecular weight is 911 g/mol. The number of phenolic OH excluding ortho intramolecular Hbond substituents is 1. The molecule has 0 aromatic heterocycles. The highest BCUT2D eigenvalue weighted by atomic mass is 127. The Morgan fingerprint density at radius 1 is 0.667 bits per heavy atom. The lowest BCUT2D eigenvalue weighted by Crippen LogP contribution is -2.22. The van der Waals surface area contributed by atoms with Gasteiger partial charge in [-0.1, -0.05) is 101 Å². The van der Waals surface area contributed by atoms with Crippen LogP contribution in [0.25, 0.3) is 0 Å². The van der Waals surface area contributed by atoms with E-state index in [9.17, 15) is 5.11 Å². The Hall–Kier alpha value is -0.396. The van der Waals surface area contributed by atoms with E-state index in [1.807, 2.05) is 19.1 Å². The maximum atomic E-state index is 9.72. The summed E-state index contributed by atoms with van der Waals surface area (Å²) < 4.78 is 40.9. The molecule has 2 aromatic carbocycles. The molecule has 2 aromatic rings. The van der Waals surface area contributed by atoms with Gasteiger partial charge in [-0.25, -0.2) is 0 Å². The van der Waals surface area contributed by atoms with E-state index in [-0.39, 0.29) is 12.5 Å². The van der Waals surface area contributed by atoms with Crippen molar-refractivity contribution in [2.75, 3.05) is 52.1 Å². The van der Waals surface area contributed by atoms with Crippen LogP contribution >= 0.6 is 54.5 Å². The average Bonchev–Trinajstić information content (AvgIpc) is 2.95. The molecule has 2 rings (SSSR count). The normalized spacial score (nSPS) is 11.2. The van der Waals surface area contributed by atoms with Gasteiger partial charge in [0.1, 0.15) is 13.6 Å². The minimum absolute atomic E-state index is 0.106. The number of phenols is 1. The van der Waals surface area contributed by atoms with E-state index in [4.69, 9.17) is 33.2 Å². The topological polar surface area (TPSA) is 84.8 Å². The molecule has 0 amide bonds. The van der Waals surface area contributed by atoms with Gasteiger partial charge in [0.25, 0.3) is 0 Å². The summed E-state index contributed by atoms with van der Waals surface area (Å²) in [7, 11) is 1.07. The largest absolute Gasteiger partial charge is 0.504 e. The van der Waals surface area contributed by atoms with E-state index >= 15 is 0 Å². The van der Waals surface area contributed by atoms with Crippen LogP contribution in [0.15, 0.2) is 33.2 Å². The Bertz CT molecular complexity index is 1080. The van der Waals surface area contributed by atoms with Gasteiger partial charge in [-0.2, -0.15) is 0 Å². The summed E-state index contributed by atoms with van der Waals surface area (Å²) >= 11 is 9.24. The fourth-order valence-electron chi connectivity index (χ4n) is 3.27. The zero-order valence-corrected chi connectivity index (χ0v) is 36.1. The van der Waals surface area contributed by atoms with Crippen LogP contribution in [0.1, 0.15) is 25.0 Å².